The van der Waals surface area contributed by atoms with Crippen LogP contribution < -0.4 is 0 Å². The van der Waals surface area contributed by atoms with E-state index in [1.54, 1.807) is 18.4 Å². The van der Waals surface area contributed by atoms with Gasteiger partial charge in [-0.05, 0) is 24.0 Å². The summed E-state index contributed by atoms with van der Waals surface area (Å²) in [6, 6.07) is 3.48. The number of hydrogen-bond acceptors (Lipinski definition) is 6. The van der Waals surface area contributed by atoms with E-state index < -0.39 is 0 Å². The highest BCUT2D eigenvalue weighted by molar-refractivity contribution is 5.91. The molecule has 1 spiro atoms. The summed E-state index contributed by atoms with van der Waals surface area (Å²) in [6.07, 6.45) is 3.63. The van der Waals surface area contributed by atoms with Gasteiger partial charge in [-0.1, -0.05) is 27.7 Å². The molecule has 0 aromatic carbocycles. The van der Waals surface area contributed by atoms with E-state index >= 15 is 0 Å². The van der Waals surface area contributed by atoms with E-state index in [4.69, 9.17) is 13.9 Å². The summed E-state index contributed by atoms with van der Waals surface area (Å²) in [7, 11) is 0. The van der Waals surface area contributed by atoms with Gasteiger partial charge >= 0.3 is 0 Å². The predicted molar refractivity (Wildman–Crippen MR) is 121 cm³/mol. The van der Waals surface area contributed by atoms with Gasteiger partial charge < -0.3 is 23.7 Å². The molecule has 4 rings (SSSR count). The second-order valence-corrected chi connectivity index (χ2v) is 9.77. The van der Waals surface area contributed by atoms with Crippen LogP contribution in [0.3, 0.4) is 0 Å². The first kappa shape index (κ1) is 24.2. The van der Waals surface area contributed by atoms with Gasteiger partial charge in [0, 0.05) is 65.2 Å². The lowest BCUT2D eigenvalue weighted by atomic mass is 10.0. The van der Waals surface area contributed by atoms with Gasteiger partial charge in [-0.2, -0.15) is 0 Å². The number of likely N-dealkylation sites (tertiary alicyclic amines) is 1. The van der Waals surface area contributed by atoms with Crippen molar-refractivity contribution in [1.82, 2.24) is 14.7 Å². The van der Waals surface area contributed by atoms with E-state index in [-0.39, 0.29) is 11.7 Å². The van der Waals surface area contributed by atoms with Crippen LogP contribution in [0, 0.1) is 11.8 Å². The Labute approximate surface area is 187 Å². The Morgan fingerprint density at radius 1 is 0.903 bits per heavy atom. The van der Waals surface area contributed by atoms with Crippen LogP contribution >= 0.6 is 0 Å². The summed E-state index contributed by atoms with van der Waals surface area (Å²) < 4.78 is 16.5. The Morgan fingerprint density at radius 3 is 1.94 bits per heavy atom. The van der Waals surface area contributed by atoms with Crippen LogP contribution in [0.2, 0.25) is 0 Å². The van der Waals surface area contributed by atoms with Crippen molar-refractivity contribution < 1.29 is 18.7 Å². The van der Waals surface area contributed by atoms with E-state index in [0.717, 1.165) is 77.8 Å². The fourth-order valence-corrected chi connectivity index (χ4v) is 4.58. The molecule has 0 aliphatic carbocycles. The summed E-state index contributed by atoms with van der Waals surface area (Å²) in [5.41, 5.74) is 0. The van der Waals surface area contributed by atoms with Crippen molar-refractivity contribution in [3.63, 3.8) is 0 Å². The number of nitrogens with zero attached hydrogens (tertiary/aromatic N) is 3. The molecule has 1 aromatic heterocycles. The maximum absolute atomic E-state index is 12.0. The number of carbonyl (C=O) groups excluding carboxylic acids is 1. The Kier molecular flexibility index (Phi) is 8.95. The molecule has 0 N–H and O–H groups in total. The monoisotopic (exact) mass is 435 g/mol. The zero-order valence-corrected chi connectivity index (χ0v) is 19.8. The van der Waals surface area contributed by atoms with Crippen LogP contribution in [0.5, 0.6) is 0 Å². The van der Waals surface area contributed by atoms with E-state index in [0.29, 0.717) is 11.7 Å². The van der Waals surface area contributed by atoms with Crippen LogP contribution in [0.4, 0.5) is 0 Å². The zero-order chi connectivity index (χ0) is 22.3. The van der Waals surface area contributed by atoms with Crippen molar-refractivity contribution in [2.45, 2.75) is 46.3 Å². The quantitative estimate of drug-likeness (QED) is 0.708. The van der Waals surface area contributed by atoms with Crippen LogP contribution in [-0.2, 0) is 9.47 Å². The van der Waals surface area contributed by atoms with E-state index in [9.17, 15) is 4.79 Å². The van der Waals surface area contributed by atoms with Gasteiger partial charge in [-0.3, -0.25) is 9.69 Å². The molecule has 0 saturated carbocycles. The average Bonchev–Trinajstić information content (AvgIpc) is 3.43. The fourth-order valence-electron chi connectivity index (χ4n) is 4.58. The minimum Gasteiger partial charge on any atom is -0.459 e. The van der Waals surface area contributed by atoms with Gasteiger partial charge in [0.1, 0.15) is 0 Å². The number of ether oxygens (including phenoxy) is 2. The number of rotatable bonds is 5. The maximum atomic E-state index is 12.0. The van der Waals surface area contributed by atoms with E-state index in [1.807, 2.05) is 4.90 Å². The Bertz CT molecular complexity index is 638. The van der Waals surface area contributed by atoms with Gasteiger partial charge in [-0.25, -0.2) is 0 Å². The lowest BCUT2D eigenvalue weighted by Crippen LogP contribution is -2.49. The van der Waals surface area contributed by atoms with Crippen molar-refractivity contribution >= 4 is 5.91 Å². The number of amides is 1. The molecule has 0 atom stereocenters. The van der Waals surface area contributed by atoms with Crippen LogP contribution in [0.25, 0.3) is 0 Å². The number of carbonyl (C=O) groups is 1. The molecule has 0 radical (unpaired) electrons. The number of furan rings is 1. The fraction of sp³-hybridized carbons (Fsp3) is 0.792. The summed E-state index contributed by atoms with van der Waals surface area (Å²) in [5, 5.41) is 0. The van der Waals surface area contributed by atoms with Crippen LogP contribution in [0.1, 0.15) is 51.1 Å². The first-order chi connectivity index (χ1) is 14.9. The summed E-state index contributed by atoms with van der Waals surface area (Å²) in [4.78, 5) is 18.8. The molecule has 176 valence electrons. The Hall–Kier alpha value is -1.41. The van der Waals surface area contributed by atoms with Crippen molar-refractivity contribution in [3.8, 4) is 0 Å². The number of hydrogen-bond donors (Lipinski definition) is 0. The Morgan fingerprint density at radius 2 is 1.45 bits per heavy atom. The van der Waals surface area contributed by atoms with Crippen molar-refractivity contribution in [1.29, 1.82) is 0 Å². The van der Waals surface area contributed by atoms with E-state index in [2.05, 4.69) is 37.5 Å². The van der Waals surface area contributed by atoms with E-state index in [1.165, 1.54) is 6.54 Å². The molecule has 3 aliphatic rings. The van der Waals surface area contributed by atoms with Gasteiger partial charge in [0.25, 0.3) is 5.91 Å². The molecular formula is C24H41N3O4. The molecule has 0 unspecified atom stereocenters. The minimum atomic E-state index is -0.201. The normalized spacial score (nSPS) is 22.2. The highest BCUT2D eigenvalue weighted by atomic mass is 16.7. The summed E-state index contributed by atoms with van der Waals surface area (Å²) >= 11 is 0. The van der Waals surface area contributed by atoms with Crippen LogP contribution in [-0.4, -0.2) is 92.0 Å². The minimum absolute atomic E-state index is 0.0131. The first-order valence-corrected chi connectivity index (χ1v) is 11.9. The molecule has 4 heterocycles. The van der Waals surface area contributed by atoms with Gasteiger partial charge in [0.05, 0.1) is 19.5 Å². The zero-order valence-electron chi connectivity index (χ0n) is 19.8. The molecule has 1 aromatic rings. The molecular weight excluding hydrogens is 394 g/mol. The molecule has 3 fully saturated rings. The second-order valence-electron chi connectivity index (χ2n) is 9.77. The summed E-state index contributed by atoms with van der Waals surface area (Å²) in [5.74, 6) is 1.70. The Balaban J connectivity index is 0.000000179. The second kappa shape index (κ2) is 11.5. The topological polar surface area (TPSA) is 58.4 Å². The maximum Gasteiger partial charge on any atom is 0.289 e. The number of piperazine rings is 1. The van der Waals surface area contributed by atoms with Gasteiger partial charge in [0.15, 0.2) is 11.5 Å². The predicted octanol–water partition coefficient (Wildman–Crippen LogP) is 3.17. The molecule has 1 amide bonds. The molecule has 3 saturated heterocycles. The van der Waals surface area contributed by atoms with Gasteiger partial charge in [-0.15, -0.1) is 0 Å². The van der Waals surface area contributed by atoms with Crippen molar-refractivity contribution in [3.05, 3.63) is 24.2 Å². The first-order valence-electron chi connectivity index (χ1n) is 11.9. The SMILES string of the molecule is CC(C)CN1CCC2(CC1)OCCO2.CC(C)CN1CCN(C(=O)c2ccco2)CC1. The van der Waals surface area contributed by atoms with Crippen molar-refractivity contribution in [2.75, 3.05) is 65.6 Å². The molecule has 0 bridgehead atoms. The van der Waals surface area contributed by atoms with Gasteiger partial charge in [0.2, 0.25) is 0 Å². The lowest BCUT2D eigenvalue weighted by Gasteiger charge is -2.38. The standard InChI is InChI=1S/C13H20N2O2.C11H21NO2/c1-11(2)10-14-5-7-15(8-6-14)13(16)12-4-3-9-17-12;1-10(2)9-12-5-3-11(4-6-12)13-7-8-14-11/h3-4,9,11H,5-8,10H2,1-2H3;10H,3-9H2,1-2H3. The van der Waals surface area contributed by atoms with Crippen LogP contribution in [0.15, 0.2) is 22.8 Å². The molecule has 3 aliphatic heterocycles. The molecule has 31 heavy (non-hydrogen) atoms. The third kappa shape index (κ3) is 7.31. The lowest BCUT2D eigenvalue weighted by molar-refractivity contribution is -0.185. The highest BCUT2D eigenvalue weighted by Crippen LogP contribution is 2.31. The number of piperidine rings is 1. The smallest absolute Gasteiger partial charge is 0.289 e. The third-order valence-corrected chi connectivity index (χ3v) is 6.07. The largest absolute Gasteiger partial charge is 0.459 e. The molecule has 7 heteroatoms. The third-order valence-electron chi connectivity index (χ3n) is 6.07. The average molecular weight is 436 g/mol. The van der Waals surface area contributed by atoms with Crippen molar-refractivity contribution in [2.24, 2.45) is 11.8 Å². The molecule has 7 nitrogen and oxygen atoms in total. The summed E-state index contributed by atoms with van der Waals surface area (Å²) in [6.45, 7) is 18.6. The highest BCUT2D eigenvalue weighted by Gasteiger charge is 2.39.